The van der Waals surface area contributed by atoms with E-state index in [9.17, 15) is 10.2 Å². The van der Waals surface area contributed by atoms with Gasteiger partial charge in [-0.1, -0.05) is 32.0 Å². The van der Waals surface area contributed by atoms with Crippen molar-refractivity contribution >= 4 is 11.9 Å². The molecule has 0 saturated carbocycles. The molecule has 104 valence electrons. The molecule has 0 heterocycles. The second kappa shape index (κ2) is 6.24. The number of rotatable bonds is 4. The minimum absolute atomic E-state index is 0.138. The van der Waals surface area contributed by atoms with E-state index in [4.69, 9.17) is 0 Å². The molecule has 0 amide bonds. The van der Waals surface area contributed by atoms with Gasteiger partial charge in [-0.2, -0.15) is 0 Å². The zero-order valence-electron chi connectivity index (χ0n) is 11.7. The molecule has 0 fully saturated rings. The largest absolute Gasteiger partial charge is 0.504 e. The van der Waals surface area contributed by atoms with Crippen LogP contribution in [0.4, 0.5) is 5.69 Å². The van der Waals surface area contributed by atoms with Crippen LogP contribution in [0.1, 0.15) is 37.3 Å². The maximum atomic E-state index is 9.68. The number of nitrogens with zero attached hydrogens (tertiary/aromatic N) is 1. The van der Waals surface area contributed by atoms with E-state index < -0.39 is 0 Å². The number of benzene rings is 2. The van der Waals surface area contributed by atoms with Crippen LogP contribution >= 0.6 is 0 Å². The van der Waals surface area contributed by atoms with Crippen molar-refractivity contribution in [1.29, 1.82) is 0 Å². The lowest BCUT2D eigenvalue weighted by Crippen LogP contribution is -1.89. The second-order valence-corrected chi connectivity index (χ2v) is 4.87. The molecule has 3 nitrogen and oxygen atoms in total. The highest BCUT2D eigenvalue weighted by Gasteiger charge is 2.04. The summed E-state index contributed by atoms with van der Waals surface area (Å²) in [6, 6.07) is 12.9. The molecular weight excluding hydrogens is 250 g/mol. The van der Waals surface area contributed by atoms with E-state index >= 15 is 0 Å². The van der Waals surface area contributed by atoms with Crippen molar-refractivity contribution in [2.75, 3.05) is 0 Å². The Balaban J connectivity index is 2.17. The fourth-order valence-electron chi connectivity index (χ4n) is 1.92. The third kappa shape index (κ3) is 3.18. The topological polar surface area (TPSA) is 52.8 Å². The van der Waals surface area contributed by atoms with Gasteiger partial charge in [0.1, 0.15) is 0 Å². The predicted octanol–water partition coefficient (Wildman–Crippen LogP) is 4.36. The van der Waals surface area contributed by atoms with Gasteiger partial charge >= 0.3 is 0 Å². The molecule has 2 rings (SSSR count). The molecule has 0 aliphatic heterocycles. The maximum absolute atomic E-state index is 9.68. The standard InChI is InChI=1S/C17H19NO2/c1-3-12(2)13-7-9-15(10-8-13)18-11-14-5-4-6-16(19)17(14)20/h4-12,19-20H,3H2,1-2H3. The van der Waals surface area contributed by atoms with E-state index in [0.717, 1.165) is 12.1 Å². The molecular formula is C17H19NO2. The molecule has 0 spiro atoms. The molecule has 0 bridgehead atoms. The third-order valence-corrected chi connectivity index (χ3v) is 3.47. The minimum atomic E-state index is -0.146. The molecule has 0 radical (unpaired) electrons. The van der Waals surface area contributed by atoms with E-state index in [1.807, 2.05) is 12.1 Å². The fraction of sp³-hybridized carbons (Fsp3) is 0.235. The van der Waals surface area contributed by atoms with E-state index in [-0.39, 0.29) is 11.5 Å². The molecule has 0 aliphatic carbocycles. The summed E-state index contributed by atoms with van der Waals surface area (Å²) in [7, 11) is 0. The zero-order valence-corrected chi connectivity index (χ0v) is 11.7. The summed E-state index contributed by atoms with van der Waals surface area (Å²) in [6.45, 7) is 4.37. The molecule has 0 aliphatic rings. The summed E-state index contributed by atoms with van der Waals surface area (Å²) in [5, 5.41) is 19.1. The Kier molecular flexibility index (Phi) is 4.41. The normalized spacial score (nSPS) is 12.7. The van der Waals surface area contributed by atoms with Crippen LogP contribution < -0.4 is 0 Å². The van der Waals surface area contributed by atoms with Gasteiger partial charge in [0.05, 0.1) is 5.69 Å². The van der Waals surface area contributed by atoms with Gasteiger partial charge < -0.3 is 10.2 Å². The second-order valence-electron chi connectivity index (χ2n) is 4.87. The fourth-order valence-corrected chi connectivity index (χ4v) is 1.92. The third-order valence-electron chi connectivity index (χ3n) is 3.47. The van der Waals surface area contributed by atoms with Crippen molar-refractivity contribution in [2.24, 2.45) is 4.99 Å². The van der Waals surface area contributed by atoms with Crippen molar-refractivity contribution in [3.05, 3.63) is 53.6 Å². The minimum Gasteiger partial charge on any atom is -0.504 e. The van der Waals surface area contributed by atoms with Gasteiger partial charge in [0.15, 0.2) is 11.5 Å². The first-order valence-electron chi connectivity index (χ1n) is 6.76. The average molecular weight is 269 g/mol. The summed E-state index contributed by atoms with van der Waals surface area (Å²) in [5.41, 5.74) is 2.61. The number of para-hydroxylation sites is 1. The van der Waals surface area contributed by atoms with Gasteiger partial charge in [0.2, 0.25) is 0 Å². The molecule has 0 aromatic heterocycles. The van der Waals surface area contributed by atoms with Gasteiger partial charge in [-0.15, -0.1) is 0 Å². The highest BCUT2D eigenvalue weighted by Crippen LogP contribution is 2.27. The first-order valence-corrected chi connectivity index (χ1v) is 6.76. The number of phenols is 2. The summed E-state index contributed by atoms with van der Waals surface area (Å²) in [4.78, 5) is 4.31. The number of aliphatic imine (C=N–C) groups is 1. The van der Waals surface area contributed by atoms with Crippen LogP contribution in [-0.2, 0) is 0 Å². The Morgan fingerprint density at radius 2 is 1.80 bits per heavy atom. The molecule has 20 heavy (non-hydrogen) atoms. The summed E-state index contributed by atoms with van der Waals surface area (Å²) < 4.78 is 0. The van der Waals surface area contributed by atoms with Crippen LogP contribution in [0.3, 0.4) is 0 Å². The molecule has 2 aromatic carbocycles. The van der Waals surface area contributed by atoms with E-state index in [1.54, 1.807) is 18.3 Å². The molecule has 1 unspecified atom stereocenters. The van der Waals surface area contributed by atoms with Crippen LogP contribution in [0.15, 0.2) is 47.5 Å². The van der Waals surface area contributed by atoms with Crippen molar-refractivity contribution in [3.63, 3.8) is 0 Å². The molecule has 0 saturated heterocycles. The van der Waals surface area contributed by atoms with Gasteiger partial charge in [-0.3, -0.25) is 4.99 Å². The lowest BCUT2D eigenvalue weighted by Gasteiger charge is -2.08. The highest BCUT2D eigenvalue weighted by atomic mass is 16.3. The quantitative estimate of drug-likeness (QED) is 0.640. The first kappa shape index (κ1) is 14.1. The SMILES string of the molecule is CCC(C)c1ccc(N=Cc2cccc(O)c2O)cc1. The van der Waals surface area contributed by atoms with Gasteiger partial charge in [-0.25, -0.2) is 0 Å². The van der Waals surface area contributed by atoms with Gasteiger partial charge in [-0.05, 0) is 42.2 Å². The Morgan fingerprint density at radius 3 is 2.45 bits per heavy atom. The van der Waals surface area contributed by atoms with Crippen molar-refractivity contribution in [1.82, 2.24) is 0 Å². The monoisotopic (exact) mass is 269 g/mol. The van der Waals surface area contributed by atoms with Crippen LogP contribution in [0.2, 0.25) is 0 Å². The number of hydrogen-bond donors (Lipinski definition) is 2. The van der Waals surface area contributed by atoms with E-state index in [1.165, 1.54) is 11.6 Å². The van der Waals surface area contributed by atoms with Gasteiger partial charge in [0, 0.05) is 11.8 Å². The lowest BCUT2D eigenvalue weighted by atomic mass is 9.99. The molecule has 1 atom stereocenters. The van der Waals surface area contributed by atoms with Crippen LogP contribution in [0.5, 0.6) is 11.5 Å². The smallest absolute Gasteiger partial charge is 0.166 e. The molecule has 2 aromatic rings. The lowest BCUT2D eigenvalue weighted by molar-refractivity contribution is 0.403. The number of aromatic hydroxyl groups is 2. The highest BCUT2D eigenvalue weighted by molar-refractivity contribution is 5.86. The Bertz CT molecular complexity index is 603. The molecule has 2 N–H and O–H groups in total. The van der Waals surface area contributed by atoms with Gasteiger partial charge in [0.25, 0.3) is 0 Å². The van der Waals surface area contributed by atoms with Crippen LogP contribution in [-0.4, -0.2) is 16.4 Å². The number of phenolic OH excluding ortho intramolecular Hbond substituents is 2. The Morgan fingerprint density at radius 1 is 1.10 bits per heavy atom. The Labute approximate surface area is 119 Å². The Hall–Kier alpha value is -2.29. The summed E-state index contributed by atoms with van der Waals surface area (Å²) >= 11 is 0. The number of hydrogen-bond acceptors (Lipinski definition) is 3. The van der Waals surface area contributed by atoms with Crippen molar-refractivity contribution < 1.29 is 10.2 Å². The maximum Gasteiger partial charge on any atom is 0.166 e. The van der Waals surface area contributed by atoms with Crippen LogP contribution in [0, 0.1) is 0 Å². The first-order chi connectivity index (χ1) is 9.61. The van der Waals surface area contributed by atoms with Crippen molar-refractivity contribution in [2.45, 2.75) is 26.2 Å². The average Bonchev–Trinajstić information content (AvgIpc) is 2.48. The zero-order chi connectivity index (χ0) is 14.5. The summed E-state index contributed by atoms with van der Waals surface area (Å²) in [5.74, 6) is 0.261. The summed E-state index contributed by atoms with van der Waals surface area (Å²) in [6.07, 6.45) is 2.66. The van der Waals surface area contributed by atoms with Crippen molar-refractivity contribution in [3.8, 4) is 11.5 Å². The predicted molar refractivity (Wildman–Crippen MR) is 82.2 cm³/mol. The van der Waals surface area contributed by atoms with Crippen LogP contribution in [0.25, 0.3) is 0 Å². The van der Waals surface area contributed by atoms with E-state index in [2.05, 4.69) is 31.0 Å². The molecule has 3 heteroatoms. The van der Waals surface area contributed by atoms with E-state index in [0.29, 0.717) is 11.5 Å².